The van der Waals surface area contributed by atoms with Gasteiger partial charge in [0.2, 0.25) is 0 Å². The summed E-state index contributed by atoms with van der Waals surface area (Å²) in [4.78, 5) is 4.20. The van der Waals surface area contributed by atoms with Crippen molar-refractivity contribution in [3.05, 3.63) is 0 Å². The van der Waals surface area contributed by atoms with Gasteiger partial charge in [-0.3, -0.25) is 0 Å². The lowest BCUT2D eigenvalue weighted by molar-refractivity contribution is 0.0756. The first-order valence-corrected chi connectivity index (χ1v) is 5.29. The molecule has 13 heavy (non-hydrogen) atoms. The zero-order valence-electron chi connectivity index (χ0n) is 8.00. The van der Waals surface area contributed by atoms with Gasteiger partial charge in [-0.25, -0.2) is 4.99 Å². The third-order valence-corrected chi connectivity index (χ3v) is 2.59. The molecule has 0 unspecified atom stereocenters. The van der Waals surface area contributed by atoms with Gasteiger partial charge in [0.15, 0.2) is 0 Å². The Hall–Kier alpha value is -0.730. The van der Waals surface area contributed by atoms with Gasteiger partial charge in [-0.2, -0.15) is 0 Å². The standard InChI is InChI=1S/C10H17NO2/c1-2-5-9(6-3-1)13-10-11-7-4-8-12-10/h9H,1-8H2. The van der Waals surface area contributed by atoms with Crippen molar-refractivity contribution in [3.63, 3.8) is 0 Å². The molecule has 0 aromatic rings. The molecule has 0 aromatic heterocycles. The summed E-state index contributed by atoms with van der Waals surface area (Å²) < 4.78 is 11.0. The van der Waals surface area contributed by atoms with Gasteiger partial charge >= 0.3 is 6.08 Å². The second kappa shape index (κ2) is 4.49. The number of ether oxygens (including phenoxy) is 2. The van der Waals surface area contributed by atoms with Gasteiger partial charge in [0.25, 0.3) is 0 Å². The molecule has 0 bridgehead atoms. The van der Waals surface area contributed by atoms with Crippen LogP contribution < -0.4 is 0 Å². The van der Waals surface area contributed by atoms with E-state index < -0.39 is 0 Å². The highest BCUT2D eigenvalue weighted by Gasteiger charge is 2.18. The Morgan fingerprint density at radius 1 is 1.15 bits per heavy atom. The molecule has 3 heteroatoms. The third-order valence-electron chi connectivity index (χ3n) is 2.59. The second-order valence-electron chi connectivity index (χ2n) is 3.73. The average molecular weight is 183 g/mol. The fourth-order valence-corrected chi connectivity index (χ4v) is 1.84. The van der Waals surface area contributed by atoms with E-state index >= 15 is 0 Å². The smallest absolute Gasteiger partial charge is 0.383 e. The van der Waals surface area contributed by atoms with E-state index in [1.54, 1.807) is 0 Å². The van der Waals surface area contributed by atoms with Crippen LogP contribution in [-0.4, -0.2) is 25.3 Å². The summed E-state index contributed by atoms with van der Waals surface area (Å²) in [7, 11) is 0. The Balaban J connectivity index is 1.78. The number of hydrogen-bond donors (Lipinski definition) is 0. The molecule has 2 rings (SSSR count). The molecule has 0 amide bonds. The molecule has 1 fully saturated rings. The van der Waals surface area contributed by atoms with E-state index in [2.05, 4.69) is 4.99 Å². The van der Waals surface area contributed by atoms with E-state index in [1.807, 2.05) is 0 Å². The van der Waals surface area contributed by atoms with Crippen molar-refractivity contribution in [2.45, 2.75) is 44.6 Å². The third kappa shape index (κ3) is 2.61. The highest BCUT2D eigenvalue weighted by molar-refractivity contribution is 5.67. The molecule has 3 nitrogen and oxygen atoms in total. The summed E-state index contributed by atoms with van der Waals surface area (Å²) in [6, 6.07) is 0. The maximum Gasteiger partial charge on any atom is 0.383 e. The van der Waals surface area contributed by atoms with E-state index in [9.17, 15) is 0 Å². The summed E-state index contributed by atoms with van der Waals surface area (Å²) in [6.07, 6.45) is 8.20. The lowest BCUT2D eigenvalue weighted by Gasteiger charge is -2.24. The molecule has 0 spiro atoms. The molecular weight excluding hydrogens is 166 g/mol. The summed E-state index contributed by atoms with van der Waals surface area (Å²) in [6.45, 7) is 1.63. The normalized spacial score (nSPS) is 24.8. The second-order valence-corrected chi connectivity index (χ2v) is 3.73. The van der Waals surface area contributed by atoms with Gasteiger partial charge in [0.05, 0.1) is 6.61 Å². The number of hydrogen-bond acceptors (Lipinski definition) is 3. The Morgan fingerprint density at radius 3 is 2.69 bits per heavy atom. The van der Waals surface area contributed by atoms with Crippen molar-refractivity contribution < 1.29 is 9.47 Å². The Bertz CT molecular complexity index is 185. The first-order chi connectivity index (χ1) is 6.45. The summed E-state index contributed by atoms with van der Waals surface area (Å²) in [5, 5.41) is 0. The lowest BCUT2D eigenvalue weighted by atomic mass is 9.98. The monoisotopic (exact) mass is 183 g/mol. The fourth-order valence-electron chi connectivity index (χ4n) is 1.84. The largest absolute Gasteiger partial charge is 0.451 e. The molecule has 0 N–H and O–H groups in total. The van der Waals surface area contributed by atoms with E-state index in [1.165, 1.54) is 32.1 Å². The van der Waals surface area contributed by atoms with Crippen LogP contribution in [0, 0.1) is 0 Å². The van der Waals surface area contributed by atoms with Crippen LogP contribution in [0.5, 0.6) is 0 Å². The zero-order valence-corrected chi connectivity index (χ0v) is 8.00. The Morgan fingerprint density at radius 2 is 2.00 bits per heavy atom. The van der Waals surface area contributed by atoms with Crippen LogP contribution in [0.25, 0.3) is 0 Å². The SMILES string of the molecule is C1CCC(OC2=NCCCO2)CC1. The molecule has 1 aliphatic heterocycles. The van der Waals surface area contributed by atoms with Crippen molar-refractivity contribution in [1.29, 1.82) is 0 Å². The predicted molar refractivity (Wildman–Crippen MR) is 50.8 cm³/mol. The summed E-state index contributed by atoms with van der Waals surface area (Å²) in [5.74, 6) is 0. The lowest BCUT2D eigenvalue weighted by Crippen LogP contribution is -2.25. The number of aliphatic imine (C=N–C) groups is 1. The fraction of sp³-hybridized carbons (Fsp3) is 0.900. The van der Waals surface area contributed by atoms with Crippen molar-refractivity contribution in [2.24, 2.45) is 4.99 Å². The minimum atomic E-state index is 0.366. The first kappa shape index (κ1) is 8.85. The molecule has 74 valence electrons. The predicted octanol–water partition coefficient (Wildman–Crippen LogP) is 2.11. The zero-order chi connectivity index (χ0) is 8.93. The van der Waals surface area contributed by atoms with Crippen LogP contribution in [0.1, 0.15) is 38.5 Å². The Kier molecular flexibility index (Phi) is 3.06. The minimum absolute atomic E-state index is 0.366. The average Bonchev–Trinajstić information content (AvgIpc) is 2.21. The Labute approximate surface area is 79.1 Å². The van der Waals surface area contributed by atoms with Crippen LogP contribution in [-0.2, 0) is 9.47 Å². The van der Waals surface area contributed by atoms with Crippen LogP contribution in [0.2, 0.25) is 0 Å². The molecular formula is C10H17NO2. The van der Waals surface area contributed by atoms with Crippen LogP contribution in [0.4, 0.5) is 0 Å². The molecule has 0 aromatic carbocycles. The van der Waals surface area contributed by atoms with Gasteiger partial charge in [0, 0.05) is 13.0 Å². The van der Waals surface area contributed by atoms with E-state index in [0.29, 0.717) is 12.2 Å². The molecule has 1 saturated carbocycles. The van der Waals surface area contributed by atoms with Gasteiger partial charge < -0.3 is 9.47 Å². The van der Waals surface area contributed by atoms with Gasteiger partial charge in [-0.15, -0.1) is 0 Å². The maximum atomic E-state index is 5.66. The van der Waals surface area contributed by atoms with Gasteiger partial charge in [-0.05, 0) is 25.7 Å². The van der Waals surface area contributed by atoms with Crippen molar-refractivity contribution in [2.75, 3.05) is 13.2 Å². The highest BCUT2D eigenvalue weighted by atomic mass is 16.7. The van der Waals surface area contributed by atoms with E-state index in [0.717, 1.165) is 19.6 Å². The van der Waals surface area contributed by atoms with Crippen LogP contribution >= 0.6 is 0 Å². The minimum Gasteiger partial charge on any atom is -0.451 e. The molecule has 0 atom stereocenters. The van der Waals surface area contributed by atoms with Crippen molar-refractivity contribution in [1.82, 2.24) is 0 Å². The maximum absolute atomic E-state index is 5.66. The topological polar surface area (TPSA) is 30.8 Å². The van der Waals surface area contributed by atoms with Crippen molar-refractivity contribution >= 4 is 6.08 Å². The van der Waals surface area contributed by atoms with E-state index in [4.69, 9.17) is 9.47 Å². The van der Waals surface area contributed by atoms with Crippen LogP contribution in [0.15, 0.2) is 4.99 Å². The number of nitrogens with zero attached hydrogens (tertiary/aromatic N) is 1. The molecule has 0 saturated heterocycles. The van der Waals surface area contributed by atoms with Gasteiger partial charge in [0.1, 0.15) is 6.10 Å². The molecule has 1 heterocycles. The number of rotatable bonds is 1. The van der Waals surface area contributed by atoms with E-state index in [-0.39, 0.29) is 0 Å². The van der Waals surface area contributed by atoms with Gasteiger partial charge in [-0.1, -0.05) is 6.42 Å². The molecule has 1 aliphatic carbocycles. The van der Waals surface area contributed by atoms with Crippen molar-refractivity contribution in [3.8, 4) is 0 Å². The quantitative estimate of drug-likeness (QED) is 0.623. The molecule has 2 aliphatic rings. The first-order valence-electron chi connectivity index (χ1n) is 5.29. The molecule has 0 radical (unpaired) electrons. The summed E-state index contributed by atoms with van der Waals surface area (Å²) in [5.41, 5.74) is 0. The summed E-state index contributed by atoms with van der Waals surface area (Å²) >= 11 is 0. The van der Waals surface area contributed by atoms with Crippen LogP contribution in [0.3, 0.4) is 0 Å². The highest BCUT2D eigenvalue weighted by Crippen LogP contribution is 2.21.